The zero-order valence-electron chi connectivity index (χ0n) is 67.2. The molecule has 0 rings (SSSR count). The number of esters is 4. The van der Waals surface area contributed by atoms with Crippen molar-refractivity contribution in [3.63, 3.8) is 0 Å². The molecule has 5 unspecified atom stereocenters. The molecule has 0 aromatic heterocycles. The predicted octanol–water partition coefficient (Wildman–Crippen LogP) is 24.6. The molecule has 0 aromatic rings. The van der Waals surface area contributed by atoms with Gasteiger partial charge < -0.3 is 33.8 Å². The van der Waals surface area contributed by atoms with Crippen LogP contribution in [0.5, 0.6) is 0 Å². The number of ether oxygens (including phenoxy) is 4. The van der Waals surface area contributed by atoms with E-state index in [9.17, 15) is 43.2 Å². The molecular weight excluding hydrogens is 1400 g/mol. The highest BCUT2D eigenvalue weighted by Gasteiger charge is 2.30. The molecule has 0 spiro atoms. The lowest BCUT2D eigenvalue weighted by molar-refractivity contribution is -0.161. The van der Waals surface area contributed by atoms with Crippen LogP contribution in [0.1, 0.15) is 310 Å². The third kappa shape index (κ3) is 78.5. The van der Waals surface area contributed by atoms with E-state index in [1.54, 1.807) is 0 Å². The first-order chi connectivity index (χ1) is 52.7. The number of phosphoric acid groups is 2. The number of unbranched alkanes of at least 4 members (excludes halogenated alkanes) is 22. The molecule has 17 nitrogen and oxygen atoms in total. The van der Waals surface area contributed by atoms with Crippen LogP contribution in [0.3, 0.4) is 0 Å². The van der Waals surface area contributed by atoms with Gasteiger partial charge in [0.2, 0.25) is 0 Å². The molecule has 19 heteroatoms. The molecular formula is C89H146O17P2. The van der Waals surface area contributed by atoms with Crippen molar-refractivity contribution in [3.05, 3.63) is 170 Å². The third-order valence-corrected chi connectivity index (χ3v) is 18.5. The number of hydrogen-bond acceptors (Lipinski definition) is 15. The number of phosphoric ester groups is 2. The number of hydrogen-bond donors (Lipinski definition) is 3. The molecule has 108 heavy (non-hydrogen) atoms. The van der Waals surface area contributed by atoms with Crippen LogP contribution in [-0.2, 0) is 65.4 Å². The zero-order chi connectivity index (χ0) is 78.9. The summed E-state index contributed by atoms with van der Waals surface area (Å²) in [6.45, 7) is 4.40. The average molecular weight is 1550 g/mol. The van der Waals surface area contributed by atoms with Gasteiger partial charge in [0.15, 0.2) is 12.2 Å². The Kier molecular flexibility index (Phi) is 75.4. The van der Waals surface area contributed by atoms with Gasteiger partial charge in [-0.15, -0.1) is 0 Å². The van der Waals surface area contributed by atoms with E-state index in [1.165, 1.54) is 0 Å². The van der Waals surface area contributed by atoms with E-state index in [0.717, 1.165) is 231 Å². The van der Waals surface area contributed by atoms with Crippen molar-refractivity contribution in [2.45, 2.75) is 329 Å². The molecule has 0 aliphatic heterocycles. The highest BCUT2D eigenvalue weighted by molar-refractivity contribution is 7.47. The van der Waals surface area contributed by atoms with Gasteiger partial charge in [0.1, 0.15) is 19.3 Å². The van der Waals surface area contributed by atoms with Crippen molar-refractivity contribution >= 4 is 39.5 Å². The van der Waals surface area contributed by atoms with Gasteiger partial charge in [0.05, 0.1) is 26.4 Å². The molecule has 0 amide bonds. The minimum absolute atomic E-state index is 0.0654. The SMILES string of the molecule is CC/C=C\C/C=C\C/C=C\C/C=C\C/C=C\CCCCCC(=O)OCC(COP(=O)(O)OCC(O)COP(=O)(O)OCC(COC(=O)CCCCCCCC/C=C\C/C=C\C/C=C\C/C=C\CC)OC(=O)CCCCCCCCC/C=C\C/C=C\C/C=C\CC)OC(=O)CCCCCCC/C=C\C/C=C\CCC. The number of rotatable bonds is 76. The second-order valence-corrected chi connectivity index (χ2v) is 29.8. The number of aliphatic hydroxyl groups is 1. The first kappa shape index (κ1) is 102. The van der Waals surface area contributed by atoms with Crippen molar-refractivity contribution in [2.75, 3.05) is 39.6 Å². The fraction of sp³-hybridized carbons (Fsp3) is 0.640. The Morgan fingerprint density at radius 2 is 0.481 bits per heavy atom. The smallest absolute Gasteiger partial charge is 0.462 e. The summed E-state index contributed by atoms with van der Waals surface area (Å²) in [4.78, 5) is 73.2. The summed E-state index contributed by atoms with van der Waals surface area (Å²) in [5.74, 6) is -2.26. The predicted molar refractivity (Wildman–Crippen MR) is 445 cm³/mol. The maximum absolute atomic E-state index is 13.1. The first-order valence-electron chi connectivity index (χ1n) is 41.4. The van der Waals surface area contributed by atoms with E-state index in [4.69, 9.17) is 37.0 Å². The minimum atomic E-state index is -5.00. The lowest BCUT2D eigenvalue weighted by Gasteiger charge is -2.21. The van der Waals surface area contributed by atoms with E-state index >= 15 is 0 Å². The van der Waals surface area contributed by atoms with Gasteiger partial charge in [-0.3, -0.25) is 37.3 Å². The number of carbonyl (C=O) groups is 4. The van der Waals surface area contributed by atoms with E-state index in [-0.39, 0.29) is 25.7 Å². The first-order valence-corrected chi connectivity index (χ1v) is 44.4. The molecule has 0 saturated carbocycles. The Balaban J connectivity index is 5.42. The maximum Gasteiger partial charge on any atom is 0.472 e. The molecule has 0 fully saturated rings. The second-order valence-electron chi connectivity index (χ2n) is 26.9. The van der Waals surface area contributed by atoms with Crippen LogP contribution in [0.2, 0.25) is 0 Å². The topological polar surface area (TPSA) is 237 Å². The van der Waals surface area contributed by atoms with Crippen molar-refractivity contribution in [3.8, 4) is 0 Å². The molecule has 614 valence electrons. The van der Waals surface area contributed by atoms with Crippen LogP contribution < -0.4 is 0 Å². The normalized spacial score (nSPS) is 14.7. The van der Waals surface area contributed by atoms with Crippen LogP contribution in [0.15, 0.2) is 170 Å². The summed E-state index contributed by atoms with van der Waals surface area (Å²) < 4.78 is 68.7. The summed E-state index contributed by atoms with van der Waals surface area (Å²) in [5, 5.41) is 10.7. The summed E-state index contributed by atoms with van der Waals surface area (Å²) in [7, 11) is -10.00. The maximum atomic E-state index is 13.1. The minimum Gasteiger partial charge on any atom is -0.462 e. The molecule has 0 saturated heterocycles. The Bertz CT molecular complexity index is 2710. The number of carbonyl (C=O) groups excluding carboxylic acids is 4. The monoisotopic (exact) mass is 1550 g/mol. The Labute approximate surface area is 654 Å². The van der Waals surface area contributed by atoms with Gasteiger partial charge in [-0.2, -0.15) is 0 Å². The lowest BCUT2D eigenvalue weighted by Crippen LogP contribution is -2.30. The van der Waals surface area contributed by atoms with E-state index in [2.05, 4.69) is 198 Å². The van der Waals surface area contributed by atoms with Crippen molar-refractivity contribution in [1.82, 2.24) is 0 Å². The van der Waals surface area contributed by atoms with Crippen molar-refractivity contribution in [1.29, 1.82) is 0 Å². The summed E-state index contributed by atoms with van der Waals surface area (Å²) >= 11 is 0. The highest BCUT2D eigenvalue weighted by atomic mass is 31.2. The quantitative estimate of drug-likeness (QED) is 0.0169. The molecule has 0 heterocycles. The van der Waals surface area contributed by atoms with Crippen LogP contribution in [-0.4, -0.2) is 96.7 Å². The molecule has 5 atom stereocenters. The van der Waals surface area contributed by atoms with Crippen molar-refractivity contribution in [2.24, 2.45) is 0 Å². The standard InChI is InChI=1S/C89H146O17P2/c1-5-9-13-17-21-25-29-33-36-39-41-44-46-50-53-57-61-65-69-73-86(91)99-79-84(105-88(93)75-71-67-63-59-55-49-32-28-24-20-16-12-8-4)81-103-107(95,96)101-77-83(90)78-102-108(97,98)104-82-85(106-89(94)76-72-68-64-60-56-52-48-43-38-35-31-27-23-19-15-11-7-3)80-100-87(92)74-70-66-62-58-54-51-47-45-42-40-37-34-30-26-22-18-14-10-6-2/h9-11,13-16,20-23,25-28,32-38,41-42,44-45,50,53,83-85,90H,5-8,12,17-19,24,29-31,39-40,43,46-49,51-52,54-82H2,1-4H3,(H,95,96)(H,97,98)/b13-9-,14-10-,15-11-,20-16-,25-21-,26-22-,27-23-,32-28-,36-33-,37-34-,38-35-,44-41-,45-42-,53-50-. The van der Waals surface area contributed by atoms with E-state index in [1.807, 2.05) is 0 Å². The Morgan fingerprint density at radius 1 is 0.269 bits per heavy atom. The second kappa shape index (κ2) is 79.5. The molecule has 0 aliphatic rings. The van der Waals surface area contributed by atoms with Gasteiger partial charge in [0, 0.05) is 25.7 Å². The molecule has 0 radical (unpaired) electrons. The Morgan fingerprint density at radius 3 is 0.750 bits per heavy atom. The summed E-state index contributed by atoms with van der Waals surface area (Å²) in [6.07, 6.45) is 94.6. The van der Waals surface area contributed by atoms with Crippen LogP contribution in [0.4, 0.5) is 0 Å². The zero-order valence-corrected chi connectivity index (χ0v) is 69.0. The highest BCUT2D eigenvalue weighted by Crippen LogP contribution is 2.45. The van der Waals surface area contributed by atoms with Gasteiger partial charge in [0.25, 0.3) is 0 Å². The molecule has 0 bridgehead atoms. The van der Waals surface area contributed by atoms with Gasteiger partial charge >= 0.3 is 39.5 Å². The number of allylic oxidation sites excluding steroid dienone is 28. The van der Waals surface area contributed by atoms with E-state index < -0.39 is 97.5 Å². The number of aliphatic hydroxyl groups excluding tert-OH is 1. The fourth-order valence-electron chi connectivity index (χ4n) is 10.5. The summed E-state index contributed by atoms with van der Waals surface area (Å²) in [6, 6.07) is 0. The van der Waals surface area contributed by atoms with Crippen LogP contribution in [0.25, 0.3) is 0 Å². The van der Waals surface area contributed by atoms with Gasteiger partial charge in [-0.25, -0.2) is 9.13 Å². The van der Waals surface area contributed by atoms with E-state index in [0.29, 0.717) is 25.7 Å². The molecule has 0 aliphatic carbocycles. The molecule has 0 aromatic carbocycles. The van der Waals surface area contributed by atoms with Crippen LogP contribution >= 0.6 is 15.6 Å². The summed E-state index contributed by atoms with van der Waals surface area (Å²) in [5.41, 5.74) is 0. The third-order valence-electron chi connectivity index (χ3n) is 16.6. The van der Waals surface area contributed by atoms with Crippen LogP contribution in [0, 0.1) is 0 Å². The van der Waals surface area contributed by atoms with Crippen molar-refractivity contribution < 1.29 is 80.2 Å². The largest absolute Gasteiger partial charge is 0.472 e. The lowest BCUT2D eigenvalue weighted by atomic mass is 10.1. The van der Waals surface area contributed by atoms with Gasteiger partial charge in [-0.1, -0.05) is 288 Å². The molecule has 3 N–H and O–H groups in total. The Hall–Kier alpha value is -5.58. The fourth-order valence-corrected chi connectivity index (χ4v) is 12.0. The van der Waals surface area contributed by atoms with Gasteiger partial charge in [-0.05, 0) is 167 Å². The average Bonchev–Trinajstić information content (AvgIpc) is 0.916.